The summed E-state index contributed by atoms with van der Waals surface area (Å²) in [6.45, 7) is 7.00. The number of thiophene rings is 1. The Balaban J connectivity index is 1.85. The molecule has 2 aromatic carbocycles. The lowest BCUT2D eigenvalue weighted by molar-refractivity contribution is 0.103. The number of hydrogen-bond acceptors (Lipinski definition) is 4. The van der Waals surface area contributed by atoms with Gasteiger partial charge in [0.2, 0.25) is 0 Å². The van der Waals surface area contributed by atoms with Crippen LogP contribution in [0.2, 0.25) is 0 Å². The molecule has 0 unspecified atom stereocenters. The van der Waals surface area contributed by atoms with E-state index in [0.717, 1.165) is 17.5 Å². The van der Waals surface area contributed by atoms with Crippen molar-refractivity contribution in [3.05, 3.63) is 52.7 Å². The maximum atomic E-state index is 14.1. The second-order valence-corrected chi connectivity index (χ2v) is 7.53. The van der Waals surface area contributed by atoms with E-state index in [1.807, 2.05) is 19.9 Å². The minimum atomic E-state index is -0.307. The van der Waals surface area contributed by atoms with Gasteiger partial charge in [-0.3, -0.25) is 4.79 Å². The van der Waals surface area contributed by atoms with E-state index in [0.29, 0.717) is 46.2 Å². The van der Waals surface area contributed by atoms with E-state index >= 15 is 0 Å². The Morgan fingerprint density at radius 1 is 1.07 bits per heavy atom. The molecule has 6 heteroatoms. The molecule has 0 saturated heterocycles. The Morgan fingerprint density at radius 3 is 2.46 bits per heavy atom. The molecule has 0 aliphatic carbocycles. The van der Waals surface area contributed by atoms with Crippen molar-refractivity contribution in [2.24, 2.45) is 0 Å². The minimum Gasteiger partial charge on any atom is -0.490 e. The number of halogens is 1. The van der Waals surface area contributed by atoms with E-state index in [1.54, 1.807) is 31.2 Å². The molecule has 0 spiro atoms. The van der Waals surface area contributed by atoms with E-state index in [9.17, 15) is 9.18 Å². The first-order chi connectivity index (χ1) is 13.5. The van der Waals surface area contributed by atoms with E-state index in [1.165, 1.54) is 17.4 Å². The Labute approximate surface area is 168 Å². The largest absolute Gasteiger partial charge is 0.490 e. The smallest absolute Gasteiger partial charge is 0.266 e. The third kappa shape index (κ3) is 4.28. The van der Waals surface area contributed by atoms with Crippen LogP contribution in [-0.4, -0.2) is 19.1 Å². The zero-order chi connectivity index (χ0) is 20.1. The number of benzene rings is 2. The highest BCUT2D eigenvalue weighted by atomic mass is 32.1. The maximum Gasteiger partial charge on any atom is 0.266 e. The summed E-state index contributed by atoms with van der Waals surface area (Å²) in [5.74, 6) is 0.695. The highest BCUT2D eigenvalue weighted by Gasteiger charge is 2.18. The van der Waals surface area contributed by atoms with Crippen LogP contribution in [0.1, 0.15) is 41.9 Å². The summed E-state index contributed by atoms with van der Waals surface area (Å²) in [4.78, 5) is 13.3. The van der Waals surface area contributed by atoms with Crippen LogP contribution in [-0.2, 0) is 0 Å². The van der Waals surface area contributed by atoms with Gasteiger partial charge in [-0.15, -0.1) is 11.3 Å². The van der Waals surface area contributed by atoms with Crippen LogP contribution >= 0.6 is 11.3 Å². The molecule has 3 rings (SSSR count). The van der Waals surface area contributed by atoms with Crippen LogP contribution in [0.15, 0.2) is 36.4 Å². The number of anilines is 1. The lowest BCUT2D eigenvalue weighted by Crippen LogP contribution is -2.12. The van der Waals surface area contributed by atoms with E-state index in [4.69, 9.17) is 9.47 Å². The first kappa shape index (κ1) is 20.1. The molecule has 1 aromatic heterocycles. The molecule has 28 heavy (non-hydrogen) atoms. The normalized spacial score (nSPS) is 10.9. The fourth-order valence-electron chi connectivity index (χ4n) is 2.90. The third-order valence-corrected chi connectivity index (χ3v) is 5.49. The molecule has 0 aliphatic rings. The van der Waals surface area contributed by atoms with Gasteiger partial charge in [0, 0.05) is 21.8 Å². The van der Waals surface area contributed by atoms with Crippen LogP contribution < -0.4 is 14.8 Å². The summed E-state index contributed by atoms with van der Waals surface area (Å²) in [5, 5.41) is 3.40. The number of fused-ring (bicyclic) bond motifs is 1. The molecular weight excluding hydrogens is 377 g/mol. The fourth-order valence-corrected chi connectivity index (χ4v) is 4.02. The summed E-state index contributed by atoms with van der Waals surface area (Å²) in [7, 11) is 0. The molecule has 0 bridgehead atoms. The van der Waals surface area contributed by atoms with E-state index < -0.39 is 0 Å². The number of amides is 1. The first-order valence-corrected chi connectivity index (χ1v) is 10.2. The molecule has 0 radical (unpaired) electrons. The molecule has 0 aliphatic heterocycles. The van der Waals surface area contributed by atoms with Crippen molar-refractivity contribution >= 4 is 33.0 Å². The number of aryl methyl sites for hydroxylation is 1. The summed E-state index contributed by atoms with van der Waals surface area (Å²) in [6, 6.07) is 10.2. The molecule has 1 heterocycles. The maximum absolute atomic E-state index is 14.1. The van der Waals surface area contributed by atoms with Crippen LogP contribution in [0.5, 0.6) is 11.5 Å². The highest BCUT2D eigenvalue weighted by molar-refractivity contribution is 7.21. The molecule has 1 N–H and O–H groups in total. The topological polar surface area (TPSA) is 47.6 Å². The van der Waals surface area contributed by atoms with E-state index in [-0.39, 0.29) is 11.7 Å². The Hall–Kier alpha value is -2.60. The Morgan fingerprint density at radius 2 is 1.79 bits per heavy atom. The molecule has 0 atom stereocenters. The van der Waals surface area contributed by atoms with Crippen molar-refractivity contribution in [2.45, 2.75) is 33.6 Å². The second kappa shape index (κ2) is 9.06. The number of ether oxygens (including phenoxy) is 2. The van der Waals surface area contributed by atoms with Crippen LogP contribution in [0.25, 0.3) is 10.1 Å². The lowest BCUT2D eigenvalue weighted by Gasteiger charge is -2.14. The predicted octanol–water partition coefficient (Wildman–Crippen LogP) is 6.18. The molecule has 148 valence electrons. The van der Waals surface area contributed by atoms with Gasteiger partial charge in [-0.25, -0.2) is 4.39 Å². The van der Waals surface area contributed by atoms with Gasteiger partial charge in [0.1, 0.15) is 5.82 Å². The molecule has 0 saturated carbocycles. The average Bonchev–Trinajstić information content (AvgIpc) is 3.03. The minimum absolute atomic E-state index is 0.262. The zero-order valence-electron chi connectivity index (χ0n) is 16.3. The predicted molar refractivity (Wildman–Crippen MR) is 112 cm³/mol. The van der Waals surface area contributed by atoms with Crippen LogP contribution in [0, 0.1) is 12.7 Å². The van der Waals surface area contributed by atoms with Gasteiger partial charge in [-0.05, 0) is 49.6 Å². The second-order valence-electron chi connectivity index (χ2n) is 6.48. The number of nitrogens with one attached hydrogen (secondary N) is 1. The van der Waals surface area contributed by atoms with Crippen LogP contribution in [0.4, 0.5) is 10.1 Å². The summed E-state index contributed by atoms with van der Waals surface area (Å²) < 4.78 is 26.4. The van der Waals surface area contributed by atoms with Gasteiger partial charge in [-0.2, -0.15) is 0 Å². The van der Waals surface area contributed by atoms with Gasteiger partial charge in [0.15, 0.2) is 11.5 Å². The van der Waals surface area contributed by atoms with Gasteiger partial charge in [0.25, 0.3) is 5.91 Å². The van der Waals surface area contributed by atoms with Gasteiger partial charge >= 0.3 is 0 Å². The van der Waals surface area contributed by atoms with Gasteiger partial charge in [-0.1, -0.05) is 19.9 Å². The summed E-state index contributed by atoms with van der Waals surface area (Å²) in [5.41, 5.74) is 1.26. The summed E-state index contributed by atoms with van der Waals surface area (Å²) >= 11 is 1.29. The van der Waals surface area contributed by atoms with Gasteiger partial charge < -0.3 is 14.8 Å². The number of carbonyl (C=O) groups is 1. The van der Waals surface area contributed by atoms with Crippen molar-refractivity contribution in [1.29, 1.82) is 0 Å². The lowest BCUT2D eigenvalue weighted by atomic mass is 10.1. The van der Waals surface area contributed by atoms with E-state index in [2.05, 4.69) is 5.32 Å². The first-order valence-electron chi connectivity index (χ1n) is 9.43. The molecule has 3 aromatic rings. The van der Waals surface area contributed by atoms with Crippen molar-refractivity contribution < 1.29 is 18.7 Å². The van der Waals surface area contributed by atoms with Crippen molar-refractivity contribution in [1.82, 2.24) is 0 Å². The highest BCUT2D eigenvalue weighted by Crippen LogP contribution is 2.34. The number of rotatable bonds is 8. The molecular formula is C22H24FNO3S. The number of carbonyl (C=O) groups excluding carboxylic acids is 1. The monoisotopic (exact) mass is 401 g/mol. The third-order valence-electron chi connectivity index (χ3n) is 4.23. The quantitative estimate of drug-likeness (QED) is 0.490. The zero-order valence-corrected chi connectivity index (χ0v) is 17.1. The van der Waals surface area contributed by atoms with Crippen molar-refractivity contribution in [2.75, 3.05) is 18.5 Å². The molecule has 1 amide bonds. The van der Waals surface area contributed by atoms with Gasteiger partial charge in [0.05, 0.1) is 18.1 Å². The number of hydrogen-bond donors (Lipinski definition) is 1. The average molecular weight is 402 g/mol. The SMILES string of the molecule is CCCOc1ccc(NC(=O)c2sc3cccc(F)c3c2C)cc1OCCC. The van der Waals surface area contributed by atoms with Crippen LogP contribution in [0.3, 0.4) is 0 Å². The standard InChI is InChI=1S/C22H24FNO3S/c1-4-11-26-17-10-9-15(13-18(17)27-12-5-2)24-22(25)21-14(3)20-16(23)7-6-8-19(20)28-21/h6-10,13H,4-5,11-12H2,1-3H3,(H,24,25). The molecule has 0 fully saturated rings. The fraction of sp³-hybridized carbons (Fsp3) is 0.318. The Bertz CT molecular complexity index is 983. The molecule has 4 nitrogen and oxygen atoms in total. The summed E-state index contributed by atoms with van der Waals surface area (Å²) in [6.07, 6.45) is 1.77. The Kier molecular flexibility index (Phi) is 6.52. The van der Waals surface area contributed by atoms with Crippen molar-refractivity contribution in [3.8, 4) is 11.5 Å². The van der Waals surface area contributed by atoms with Crippen molar-refractivity contribution in [3.63, 3.8) is 0 Å².